The summed E-state index contributed by atoms with van der Waals surface area (Å²) in [5.74, 6) is -0.407. The Balaban J connectivity index is 2.37. The van der Waals surface area contributed by atoms with E-state index in [4.69, 9.17) is 18.0 Å². The minimum absolute atomic E-state index is 0.0539. The van der Waals surface area contributed by atoms with E-state index in [0.29, 0.717) is 12.2 Å². The van der Waals surface area contributed by atoms with E-state index >= 15 is 0 Å². The van der Waals surface area contributed by atoms with Gasteiger partial charge in [-0.15, -0.1) is 0 Å². The number of aliphatic hydroxyl groups is 1. The Bertz CT molecular complexity index is 439. The van der Waals surface area contributed by atoms with Crippen molar-refractivity contribution in [2.45, 2.75) is 18.9 Å². The second kappa shape index (κ2) is 4.98. The monoisotopic (exact) mass is 254 g/mol. The first kappa shape index (κ1) is 12.3. The first-order valence-corrected chi connectivity index (χ1v) is 6.01. The number of thiocarbonyl (C=S) groups is 1. The Hall–Kier alpha value is -1.20. The standard InChI is InChI=1S/C12H15FN2OS/c13-9-4-1-5-10(11(9)12(14)17)15-6-2-3-8(16)7-15/h1,4-5,8,16H,2-3,6-7H2,(H2,14,17). The maximum Gasteiger partial charge on any atom is 0.135 e. The summed E-state index contributed by atoms with van der Waals surface area (Å²) in [5, 5.41) is 9.64. The second-order valence-corrected chi connectivity index (χ2v) is 4.68. The number of hydrogen-bond acceptors (Lipinski definition) is 3. The molecule has 0 aliphatic carbocycles. The van der Waals surface area contributed by atoms with Crippen LogP contribution in [0.1, 0.15) is 18.4 Å². The predicted octanol–water partition coefficient (Wildman–Crippen LogP) is 1.42. The quantitative estimate of drug-likeness (QED) is 0.784. The number of anilines is 1. The molecule has 1 fully saturated rings. The number of nitrogens with two attached hydrogens (primary N) is 1. The van der Waals surface area contributed by atoms with Crippen LogP contribution in [0.3, 0.4) is 0 Å². The molecule has 1 heterocycles. The van der Waals surface area contributed by atoms with Crippen LogP contribution in [0.15, 0.2) is 18.2 Å². The highest BCUT2D eigenvalue weighted by Crippen LogP contribution is 2.26. The number of benzene rings is 1. The fourth-order valence-corrected chi connectivity index (χ4v) is 2.40. The third kappa shape index (κ3) is 2.56. The van der Waals surface area contributed by atoms with Crippen molar-refractivity contribution in [1.29, 1.82) is 0 Å². The number of halogens is 1. The van der Waals surface area contributed by atoms with E-state index < -0.39 is 5.82 Å². The average molecular weight is 254 g/mol. The minimum atomic E-state index is -0.407. The number of hydrogen-bond donors (Lipinski definition) is 2. The van der Waals surface area contributed by atoms with E-state index in [-0.39, 0.29) is 16.7 Å². The first-order chi connectivity index (χ1) is 8.09. The lowest BCUT2D eigenvalue weighted by Gasteiger charge is -2.33. The van der Waals surface area contributed by atoms with Crippen molar-refractivity contribution >= 4 is 22.9 Å². The number of aliphatic hydroxyl groups excluding tert-OH is 1. The molecule has 17 heavy (non-hydrogen) atoms. The summed E-state index contributed by atoms with van der Waals surface area (Å²) in [5.41, 5.74) is 6.51. The van der Waals surface area contributed by atoms with E-state index in [1.165, 1.54) is 6.07 Å². The molecule has 0 amide bonds. The molecule has 92 valence electrons. The number of nitrogens with zero attached hydrogens (tertiary/aromatic N) is 1. The molecule has 1 aliphatic heterocycles. The third-order valence-electron chi connectivity index (χ3n) is 2.98. The zero-order chi connectivity index (χ0) is 12.4. The van der Waals surface area contributed by atoms with Crippen molar-refractivity contribution in [3.63, 3.8) is 0 Å². The first-order valence-electron chi connectivity index (χ1n) is 5.61. The maximum atomic E-state index is 13.7. The molecule has 1 aromatic rings. The topological polar surface area (TPSA) is 49.5 Å². The van der Waals surface area contributed by atoms with Crippen molar-refractivity contribution in [3.8, 4) is 0 Å². The highest BCUT2D eigenvalue weighted by Gasteiger charge is 2.22. The van der Waals surface area contributed by atoms with Gasteiger partial charge in [0.2, 0.25) is 0 Å². The number of β-amino-alcohol motifs (C(OH)–C–C–N with tert-alkyl or cyclic N) is 1. The van der Waals surface area contributed by atoms with Gasteiger partial charge in [-0.2, -0.15) is 0 Å². The van der Waals surface area contributed by atoms with Gasteiger partial charge in [-0.3, -0.25) is 0 Å². The normalized spacial score (nSPS) is 20.4. The van der Waals surface area contributed by atoms with Crippen LogP contribution in [0, 0.1) is 5.82 Å². The zero-order valence-corrected chi connectivity index (χ0v) is 10.2. The fraction of sp³-hybridized carbons (Fsp3) is 0.417. The molecule has 2 rings (SSSR count). The molecule has 3 nitrogen and oxygen atoms in total. The van der Waals surface area contributed by atoms with Crippen molar-refractivity contribution in [3.05, 3.63) is 29.6 Å². The lowest BCUT2D eigenvalue weighted by Crippen LogP contribution is -2.39. The summed E-state index contributed by atoms with van der Waals surface area (Å²) in [4.78, 5) is 1.99. The van der Waals surface area contributed by atoms with Crippen LogP contribution in [0.2, 0.25) is 0 Å². The van der Waals surface area contributed by atoms with Gasteiger partial charge in [-0.25, -0.2) is 4.39 Å². The van der Waals surface area contributed by atoms with Gasteiger partial charge in [-0.1, -0.05) is 18.3 Å². The van der Waals surface area contributed by atoms with Gasteiger partial charge >= 0.3 is 0 Å². The molecule has 0 radical (unpaired) electrons. The molecular formula is C12H15FN2OS. The summed E-state index contributed by atoms with van der Waals surface area (Å²) in [6.07, 6.45) is 1.30. The second-order valence-electron chi connectivity index (χ2n) is 4.24. The highest BCUT2D eigenvalue weighted by atomic mass is 32.1. The van der Waals surface area contributed by atoms with Crippen LogP contribution < -0.4 is 10.6 Å². The summed E-state index contributed by atoms with van der Waals surface area (Å²) < 4.78 is 13.7. The van der Waals surface area contributed by atoms with Crippen molar-refractivity contribution < 1.29 is 9.50 Å². The van der Waals surface area contributed by atoms with Crippen molar-refractivity contribution in [1.82, 2.24) is 0 Å². The van der Waals surface area contributed by atoms with Gasteiger partial charge in [0, 0.05) is 18.8 Å². The van der Waals surface area contributed by atoms with Gasteiger partial charge in [0.15, 0.2) is 0 Å². The van der Waals surface area contributed by atoms with Gasteiger partial charge in [0.1, 0.15) is 10.8 Å². The summed E-state index contributed by atoms with van der Waals surface area (Å²) >= 11 is 4.88. The lowest BCUT2D eigenvalue weighted by molar-refractivity contribution is 0.154. The van der Waals surface area contributed by atoms with E-state index in [2.05, 4.69) is 0 Å². The van der Waals surface area contributed by atoms with Crippen molar-refractivity contribution in [2.24, 2.45) is 5.73 Å². The Morgan fingerprint density at radius 2 is 2.29 bits per heavy atom. The summed E-state index contributed by atoms with van der Waals surface area (Å²) in [6.45, 7) is 1.29. The van der Waals surface area contributed by atoms with Crippen LogP contribution in [0.25, 0.3) is 0 Å². The lowest BCUT2D eigenvalue weighted by atomic mass is 10.0. The zero-order valence-electron chi connectivity index (χ0n) is 9.40. The Labute approximate surface area is 105 Å². The van der Waals surface area contributed by atoms with Crippen LogP contribution in [0.4, 0.5) is 10.1 Å². The fourth-order valence-electron chi connectivity index (χ4n) is 2.19. The molecular weight excluding hydrogens is 239 g/mol. The van der Waals surface area contributed by atoms with E-state index in [1.807, 2.05) is 4.90 Å². The summed E-state index contributed by atoms with van der Waals surface area (Å²) in [6, 6.07) is 4.77. The molecule has 0 aromatic heterocycles. The smallest absolute Gasteiger partial charge is 0.135 e. The minimum Gasteiger partial charge on any atom is -0.391 e. The molecule has 1 aromatic carbocycles. The highest BCUT2D eigenvalue weighted by molar-refractivity contribution is 7.80. The van der Waals surface area contributed by atoms with Gasteiger partial charge in [0.25, 0.3) is 0 Å². The Morgan fingerprint density at radius 1 is 1.53 bits per heavy atom. The number of piperidine rings is 1. The van der Waals surface area contributed by atoms with Crippen LogP contribution in [-0.4, -0.2) is 29.3 Å². The largest absolute Gasteiger partial charge is 0.391 e. The van der Waals surface area contributed by atoms with Crippen LogP contribution in [-0.2, 0) is 0 Å². The molecule has 1 atom stereocenters. The molecule has 0 saturated carbocycles. The van der Waals surface area contributed by atoms with Gasteiger partial charge in [0.05, 0.1) is 11.7 Å². The average Bonchev–Trinajstić information content (AvgIpc) is 2.28. The van der Waals surface area contributed by atoms with Gasteiger partial charge < -0.3 is 15.7 Å². The van der Waals surface area contributed by atoms with E-state index in [9.17, 15) is 9.50 Å². The molecule has 1 saturated heterocycles. The Kier molecular flexibility index (Phi) is 3.59. The Morgan fingerprint density at radius 3 is 2.94 bits per heavy atom. The summed E-state index contributed by atoms with van der Waals surface area (Å²) in [7, 11) is 0. The molecule has 3 N–H and O–H groups in total. The van der Waals surface area contributed by atoms with Crippen molar-refractivity contribution in [2.75, 3.05) is 18.0 Å². The molecule has 5 heteroatoms. The molecule has 0 bridgehead atoms. The maximum absolute atomic E-state index is 13.7. The molecule has 0 spiro atoms. The number of rotatable bonds is 2. The van der Waals surface area contributed by atoms with Crippen LogP contribution >= 0.6 is 12.2 Å². The molecule has 1 unspecified atom stereocenters. The van der Waals surface area contributed by atoms with Gasteiger partial charge in [-0.05, 0) is 25.0 Å². The van der Waals surface area contributed by atoms with E-state index in [1.54, 1.807) is 12.1 Å². The predicted molar refractivity (Wildman–Crippen MR) is 69.7 cm³/mol. The van der Waals surface area contributed by atoms with E-state index in [0.717, 1.165) is 19.4 Å². The third-order valence-corrected chi connectivity index (χ3v) is 3.18. The SMILES string of the molecule is NC(=S)c1c(F)cccc1N1CCCC(O)C1. The molecule has 1 aliphatic rings. The van der Waals surface area contributed by atoms with Crippen LogP contribution in [0.5, 0.6) is 0 Å².